The lowest BCUT2D eigenvalue weighted by Gasteiger charge is -2.15. The molecule has 0 atom stereocenters. The molecule has 0 saturated carbocycles. The molecule has 1 aliphatic heterocycles. The summed E-state index contributed by atoms with van der Waals surface area (Å²) in [5.41, 5.74) is 3.14. The van der Waals surface area contributed by atoms with Crippen LogP contribution in [0.25, 0.3) is 0 Å². The fraction of sp³-hybridized carbons (Fsp3) is 0.833. The highest BCUT2D eigenvalue weighted by molar-refractivity contribution is 4.93. The predicted molar refractivity (Wildman–Crippen MR) is 62.7 cm³/mol. The maximum atomic E-state index is 5.64. The molecule has 0 unspecified atom stereocenters. The van der Waals surface area contributed by atoms with Crippen molar-refractivity contribution in [2.75, 3.05) is 6.54 Å². The molecule has 0 radical (unpaired) electrons. The number of hydrogen-bond acceptors (Lipinski definition) is 3. The van der Waals surface area contributed by atoms with E-state index in [0.717, 1.165) is 18.7 Å². The van der Waals surface area contributed by atoms with Gasteiger partial charge in [-0.25, -0.2) is 0 Å². The van der Waals surface area contributed by atoms with Crippen molar-refractivity contribution < 1.29 is 4.84 Å². The van der Waals surface area contributed by atoms with Gasteiger partial charge in [-0.1, -0.05) is 44.7 Å². The number of rotatable bonds is 8. The molecule has 1 heterocycles. The Balaban J connectivity index is 2.03. The summed E-state index contributed by atoms with van der Waals surface area (Å²) in [5.74, 6) is 1.08. The summed E-state index contributed by atoms with van der Waals surface area (Å²) in [4.78, 5) is 5.64. The Morgan fingerprint density at radius 1 is 1.13 bits per heavy atom. The van der Waals surface area contributed by atoms with Gasteiger partial charge in [-0.2, -0.15) is 0 Å². The van der Waals surface area contributed by atoms with E-state index in [-0.39, 0.29) is 0 Å². The fourth-order valence-electron chi connectivity index (χ4n) is 1.62. The molecule has 0 bridgehead atoms. The molecule has 0 aromatic carbocycles. The summed E-state index contributed by atoms with van der Waals surface area (Å²) >= 11 is 0. The Morgan fingerprint density at radius 3 is 2.60 bits per heavy atom. The van der Waals surface area contributed by atoms with E-state index < -0.39 is 0 Å². The quantitative estimate of drug-likeness (QED) is 0.624. The van der Waals surface area contributed by atoms with Crippen molar-refractivity contribution in [1.29, 1.82) is 0 Å². The van der Waals surface area contributed by atoms with Crippen molar-refractivity contribution in [2.24, 2.45) is 0 Å². The van der Waals surface area contributed by atoms with Gasteiger partial charge in [-0.05, 0) is 12.8 Å². The molecule has 0 aromatic heterocycles. The Morgan fingerprint density at radius 2 is 1.87 bits per heavy atom. The normalized spacial score (nSPS) is 16.0. The second-order valence-corrected chi connectivity index (χ2v) is 4.10. The van der Waals surface area contributed by atoms with Crippen LogP contribution in [0.15, 0.2) is 12.0 Å². The van der Waals surface area contributed by atoms with Gasteiger partial charge >= 0.3 is 0 Å². The molecular weight excluding hydrogens is 188 g/mol. The van der Waals surface area contributed by atoms with E-state index in [4.69, 9.17) is 4.84 Å². The van der Waals surface area contributed by atoms with Gasteiger partial charge in [0.1, 0.15) is 5.76 Å². The average Bonchev–Trinajstić information content (AvgIpc) is 2.67. The van der Waals surface area contributed by atoms with Crippen molar-refractivity contribution in [1.82, 2.24) is 10.6 Å². The highest BCUT2D eigenvalue weighted by Crippen LogP contribution is 2.15. The van der Waals surface area contributed by atoms with Crippen LogP contribution in [0.1, 0.15) is 58.8 Å². The molecule has 1 rings (SSSR count). The predicted octanol–water partition coefficient (Wildman–Crippen LogP) is 3.35. The molecular formula is C12H24N2O. The maximum absolute atomic E-state index is 5.64. The molecule has 3 heteroatoms. The van der Waals surface area contributed by atoms with Crippen LogP contribution in [-0.2, 0) is 4.84 Å². The van der Waals surface area contributed by atoms with Crippen LogP contribution in [0.4, 0.5) is 0 Å². The summed E-state index contributed by atoms with van der Waals surface area (Å²) < 4.78 is 0. The van der Waals surface area contributed by atoms with Crippen LogP contribution in [0.2, 0.25) is 0 Å². The lowest BCUT2D eigenvalue weighted by atomic mass is 10.2. The lowest BCUT2D eigenvalue weighted by Crippen LogP contribution is -2.29. The van der Waals surface area contributed by atoms with E-state index in [1.165, 1.54) is 38.5 Å². The lowest BCUT2D eigenvalue weighted by molar-refractivity contribution is -0.129. The first-order valence-corrected chi connectivity index (χ1v) is 6.27. The SMILES string of the molecule is CCCCCC1=CNN(CCCCC)O1. The zero-order chi connectivity index (χ0) is 10.9. The molecule has 0 aromatic rings. The van der Waals surface area contributed by atoms with Crippen LogP contribution in [0.3, 0.4) is 0 Å². The Bertz CT molecular complexity index is 192. The summed E-state index contributed by atoms with van der Waals surface area (Å²) in [6.07, 6.45) is 10.5. The molecule has 0 aliphatic carbocycles. The molecule has 3 nitrogen and oxygen atoms in total. The van der Waals surface area contributed by atoms with Crippen LogP contribution in [0.5, 0.6) is 0 Å². The van der Waals surface area contributed by atoms with E-state index in [1.807, 2.05) is 11.4 Å². The smallest absolute Gasteiger partial charge is 0.144 e. The molecule has 0 fully saturated rings. The highest BCUT2D eigenvalue weighted by Gasteiger charge is 2.13. The summed E-state index contributed by atoms with van der Waals surface area (Å²) in [6.45, 7) is 5.41. The van der Waals surface area contributed by atoms with E-state index >= 15 is 0 Å². The minimum absolute atomic E-state index is 0.974. The van der Waals surface area contributed by atoms with Gasteiger partial charge in [0, 0.05) is 6.42 Å². The van der Waals surface area contributed by atoms with E-state index in [0.29, 0.717) is 0 Å². The maximum Gasteiger partial charge on any atom is 0.144 e. The monoisotopic (exact) mass is 212 g/mol. The number of allylic oxidation sites excluding steroid dienone is 1. The van der Waals surface area contributed by atoms with Gasteiger partial charge in [-0.15, -0.1) is 0 Å². The van der Waals surface area contributed by atoms with Gasteiger partial charge in [0.15, 0.2) is 0 Å². The van der Waals surface area contributed by atoms with Crippen molar-refractivity contribution in [3.63, 3.8) is 0 Å². The second kappa shape index (κ2) is 7.57. The molecule has 0 saturated heterocycles. The third kappa shape index (κ3) is 5.07. The molecule has 0 amide bonds. The molecule has 0 spiro atoms. The van der Waals surface area contributed by atoms with Crippen LogP contribution < -0.4 is 5.43 Å². The Hall–Kier alpha value is -0.700. The van der Waals surface area contributed by atoms with Crippen molar-refractivity contribution in [3.05, 3.63) is 12.0 Å². The van der Waals surface area contributed by atoms with Gasteiger partial charge in [-0.3, -0.25) is 5.43 Å². The first-order chi connectivity index (χ1) is 7.36. The van der Waals surface area contributed by atoms with Crippen molar-refractivity contribution in [3.8, 4) is 0 Å². The Kier molecular flexibility index (Phi) is 6.25. The molecule has 88 valence electrons. The molecule has 1 aliphatic rings. The highest BCUT2D eigenvalue weighted by atomic mass is 16.7. The van der Waals surface area contributed by atoms with E-state index in [1.54, 1.807) is 0 Å². The minimum Gasteiger partial charge on any atom is -0.389 e. The number of hydroxylamine groups is 1. The summed E-state index contributed by atoms with van der Waals surface area (Å²) in [5, 5.41) is 1.84. The third-order valence-corrected chi connectivity index (χ3v) is 2.59. The summed E-state index contributed by atoms with van der Waals surface area (Å²) in [7, 11) is 0. The summed E-state index contributed by atoms with van der Waals surface area (Å²) in [6, 6.07) is 0. The molecule has 1 N–H and O–H groups in total. The van der Waals surface area contributed by atoms with Crippen LogP contribution in [-0.4, -0.2) is 11.7 Å². The number of nitrogens with one attached hydrogen (secondary N) is 1. The number of hydrogen-bond donors (Lipinski definition) is 1. The topological polar surface area (TPSA) is 24.5 Å². The van der Waals surface area contributed by atoms with Gasteiger partial charge < -0.3 is 4.84 Å². The number of unbranched alkanes of at least 4 members (excludes halogenated alkanes) is 4. The van der Waals surface area contributed by atoms with Gasteiger partial charge in [0.25, 0.3) is 0 Å². The minimum atomic E-state index is 0.974. The van der Waals surface area contributed by atoms with Crippen molar-refractivity contribution >= 4 is 0 Å². The zero-order valence-electron chi connectivity index (χ0n) is 10.1. The van der Waals surface area contributed by atoms with Gasteiger partial charge in [0.05, 0.1) is 12.7 Å². The van der Waals surface area contributed by atoms with E-state index in [2.05, 4.69) is 19.3 Å². The van der Waals surface area contributed by atoms with Crippen LogP contribution >= 0.6 is 0 Å². The van der Waals surface area contributed by atoms with E-state index in [9.17, 15) is 0 Å². The number of hydrazine groups is 1. The first kappa shape index (κ1) is 12.4. The van der Waals surface area contributed by atoms with Gasteiger partial charge in [0.2, 0.25) is 0 Å². The second-order valence-electron chi connectivity index (χ2n) is 4.10. The average molecular weight is 212 g/mol. The number of nitrogens with zero attached hydrogens (tertiary/aromatic N) is 1. The standard InChI is InChI=1S/C12H24N2O/c1-3-5-7-9-12-11-13-14(15-12)10-8-6-4-2/h11,13H,3-10H2,1-2H3. The van der Waals surface area contributed by atoms with Crippen molar-refractivity contribution in [2.45, 2.75) is 58.8 Å². The first-order valence-electron chi connectivity index (χ1n) is 6.27. The molecule has 15 heavy (non-hydrogen) atoms. The Labute approximate surface area is 93.4 Å². The zero-order valence-corrected chi connectivity index (χ0v) is 10.1. The fourth-order valence-corrected chi connectivity index (χ4v) is 1.62. The van der Waals surface area contributed by atoms with Crippen LogP contribution in [0, 0.1) is 0 Å². The largest absolute Gasteiger partial charge is 0.389 e. The third-order valence-electron chi connectivity index (χ3n) is 2.59.